The minimum Gasteiger partial charge on any atom is -0.465 e. The molecule has 0 aliphatic carbocycles. The number of rotatable bonds is 6. The first kappa shape index (κ1) is 20.2. The summed E-state index contributed by atoms with van der Waals surface area (Å²) in [4.78, 5) is 53.7. The fourth-order valence-electron chi connectivity index (χ4n) is 2.66. The number of amides is 1. The number of carbonyl (C=O) groups excluding carboxylic acids is 3. The van der Waals surface area contributed by atoms with E-state index in [1.54, 1.807) is 25.1 Å². The van der Waals surface area contributed by atoms with Crippen LogP contribution in [0.3, 0.4) is 0 Å². The van der Waals surface area contributed by atoms with Gasteiger partial charge in [0, 0.05) is 5.38 Å². The standard InChI is InChI=1S/C19H17N3O6S/c1-3-28-19(26)12-9-29-16-15(12)17(24)22(10-20-16)8-14(23)21-13-7-5-4-6-11(13)18(25)27-2/h4-7,9-10H,3,8H2,1-2H3,(H,21,23). The van der Waals surface area contributed by atoms with Crippen LogP contribution in [0.15, 0.2) is 40.8 Å². The van der Waals surface area contributed by atoms with Crippen LogP contribution in [0.25, 0.3) is 10.2 Å². The number of hydrogen-bond donors (Lipinski definition) is 1. The number of hydrogen-bond acceptors (Lipinski definition) is 8. The molecule has 2 heterocycles. The van der Waals surface area contributed by atoms with Crippen molar-refractivity contribution in [1.29, 1.82) is 0 Å². The average Bonchev–Trinajstić information content (AvgIpc) is 3.15. The smallest absolute Gasteiger partial charge is 0.339 e. The van der Waals surface area contributed by atoms with Gasteiger partial charge in [-0.05, 0) is 19.1 Å². The van der Waals surface area contributed by atoms with E-state index in [-0.39, 0.29) is 35.4 Å². The Bertz CT molecular complexity index is 1150. The van der Waals surface area contributed by atoms with Crippen molar-refractivity contribution in [3.05, 3.63) is 57.5 Å². The van der Waals surface area contributed by atoms with Crippen molar-refractivity contribution in [1.82, 2.24) is 9.55 Å². The first-order valence-electron chi connectivity index (χ1n) is 8.57. The number of fused-ring (bicyclic) bond motifs is 1. The molecule has 0 unspecified atom stereocenters. The molecule has 0 fully saturated rings. The van der Waals surface area contributed by atoms with Gasteiger partial charge in [0.25, 0.3) is 5.56 Å². The summed E-state index contributed by atoms with van der Waals surface area (Å²) in [6, 6.07) is 6.35. The van der Waals surface area contributed by atoms with Gasteiger partial charge in [-0.15, -0.1) is 11.3 Å². The zero-order chi connectivity index (χ0) is 21.0. The van der Waals surface area contributed by atoms with E-state index in [1.807, 2.05) is 0 Å². The molecule has 10 heteroatoms. The monoisotopic (exact) mass is 415 g/mol. The highest BCUT2D eigenvalue weighted by Crippen LogP contribution is 2.21. The topological polar surface area (TPSA) is 117 Å². The van der Waals surface area contributed by atoms with E-state index in [9.17, 15) is 19.2 Å². The minimum atomic E-state index is -0.619. The number of nitrogens with one attached hydrogen (secondary N) is 1. The predicted octanol–water partition coefficient (Wildman–Crippen LogP) is 2.06. The van der Waals surface area contributed by atoms with E-state index >= 15 is 0 Å². The Labute approximate surface area is 168 Å². The maximum atomic E-state index is 12.8. The largest absolute Gasteiger partial charge is 0.465 e. The van der Waals surface area contributed by atoms with E-state index in [0.29, 0.717) is 4.83 Å². The van der Waals surface area contributed by atoms with Crippen molar-refractivity contribution < 1.29 is 23.9 Å². The third-order valence-corrected chi connectivity index (χ3v) is 4.86. The lowest BCUT2D eigenvalue weighted by molar-refractivity contribution is -0.116. The van der Waals surface area contributed by atoms with Gasteiger partial charge in [0.2, 0.25) is 5.91 Å². The lowest BCUT2D eigenvalue weighted by atomic mass is 10.2. The molecule has 0 saturated heterocycles. The van der Waals surface area contributed by atoms with E-state index in [1.165, 1.54) is 24.9 Å². The van der Waals surface area contributed by atoms with Crippen molar-refractivity contribution in [2.75, 3.05) is 19.0 Å². The molecule has 0 bridgehead atoms. The Morgan fingerprint density at radius 1 is 1.17 bits per heavy atom. The number of nitrogens with zero attached hydrogens (tertiary/aromatic N) is 2. The summed E-state index contributed by atoms with van der Waals surface area (Å²) in [5, 5.41) is 4.20. The number of aromatic nitrogens is 2. The van der Waals surface area contributed by atoms with Crippen LogP contribution in [0.1, 0.15) is 27.6 Å². The van der Waals surface area contributed by atoms with Crippen LogP contribution in [-0.2, 0) is 20.8 Å². The number of benzene rings is 1. The van der Waals surface area contributed by atoms with Crippen LogP contribution in [0.2, 0.25) is 0 Å². The molecule has 0 atom stereocenters. The lowest BCUT2D eigenvalue weighted by Gasteiger charge is -2.10. The molecule has 3 aromatic rings. The maximum Gasteiger partial charge on any atom is 0.339 e. The molecule has 150 valence electrons. The van der Waals surface area contributed by atoms with Crippen molar-refractivity contribution in [3.63, 3.8) is 0 Å². The van der Waals surface area contributed by atoms with Crippen LogP contribution in [-0.4, -0.2) is 41.1 Å². The van der Waals surface area contributed by atoms with Crippen LogP contribution < -0.4 is 10.9 Å². The first-order valence-corrected chi connectivity index (χ1v) is 9.45. The molecule has 0 spiro atoms. The van der Waals surface area contributed by atoms with Gasteiger partial charge in [0.1, 0.15) is 11.4 Å². The number of para-hydroxylation sites is 1. The molecular formula is C19H17N3O6S. The molecule has 29 heavy (non-hydrogen) atoms. The molecule has 9 nitrogen and oxygen atoms in total. The lowest BCUT2D eigenvalue weighted by Crippen LogP contribution is -2.28. The van der Waals surface area contributed by atoms with Gasteiger partial charge in [0.15, 0.2) is 0 Å². The van der Waals surface area contributed by atoms with Crippen molar-refractivity contribution in [2.24, 2.45) is 0 Å². The molecule has 1 aromatic carbocycles. The minimum absolute atomic E-state index is 0.110. The Morgan fingerprint density at radius 2 is 1.93 bits per heavy atom. The number of methoxy groups -OCH3 is 1. The van der Waals surface area contributed by atoms with Gasteiger partial charge in [-0.2, -0.15) is 0 Å². The van der Waals surface area contributed by atoms with E-state index < -0.39 is 23.4 Å². The number of thiophene rings is 1. The number of esters is 2. The maximum absolute atomic E-state index is 12.8. The summed E-state index contributed by atoms with van der Waals surface area (Å²) in [6.45, 7) is 1.49. The van der Waals surface area contributed by atoms with Gasteiger partial charge < -0.3 is 14.8 Å². The van der Waals surface area contributed by atoms with Gasteiger partial charge in [-0.25, -0.2) is 14.6 Å². The summed E-state index contributed by atoms with van der Waals surface area (Å²) in [7, 11) is 1.24. The molecule has 0 aliphatic heterocycles. The van der Waals surface area contributed by atoms with Gasteiger partial charge >= 0.3 is 11.9 Å². The third kappa shape index (κ3) is 4.16. The number of anilines is 1. The third-order valence-electron chi connectivity index (χ3n) is 3.98. The van der Waals surface area contributed by atoms with Crippen LogP contribution in [0.5, 0.6) is 0 Å². The summed E-state index contributed by atoms with van der Waals surface area (Å²) < 4.78 is 10.7. The molecular weight excluding hydrogens is 398 g/mol. The number of carbonyl (C=O) groups is 3. The Kier molecular flexibility index (Phi) is 6.03. The summed E-state index contributed by atoms with van der Waals surface area (Å²) >= 11 is 1.14. The van der Waals surface area contributed by atoms with Crippen LogP contribution in [0, 0.1) is 0 Å². The molecule has 0 saturated carbocycles. The highest BCUT2D eigenvalue weighted by molar-refractivity contribution is 7.17. The van der Waals surface area contributed by atoms with E-state index in [0.717, 1.165) is 15.9 Å². The van der Waals surface area contributed by atoms with Crippen molar-refractivity contribution in [2.45, 2.75) is 13.5 Å². The molecule has 1 amide bonds. The Balaban J connectivity index is 1.87. The fraction of sp³-hybridized carbons (Fsp3) is 0.211. The Hall–Kier alpha value is -3.53. The van der Waals surface area contributed by atoms with E-state index in [4.69, 9.17) is 9.47 Å². The zero-order valence-corrected chi connectivity index (χ0v) is 16.4. The number of ether oxygens (including phenoxy) is 2. The predicted molar refractivity (Wildman–Crippen MR) is 106 cm³/mol. The molecule has 0 aliphatic rings. The summed E-state index contributed by atoms with van der Waals surface area (Å²) in [6.07, 6.45) is 1.24. The quantitative estimate of drug-likeness (QED) is 0.613. The Morgan fingerprint density at radius 3 is 2.66 bits per heavy atom. The normalized spacial score (nSPS) is 10.6. The van der Waals surface area contributed by atoms with Crippen LogP contribution >= 0.6 is 11.3 Å². The molecule has 1 N–H and O–H groups in total. The highest BCUT2D eigenvalue weighted by Gasteiger charge is 2.19. The second kappa shape index (κ2) is 8.65. The van der Waals surface area contributed by atoms with Gasteiger partial charge in [-0.3, -0.25) is 14.2 Å². The SMILES string of the molecule is CCOC(=O)c1csc2ncn(CC(=O)Nc3ccccc3C(=O)OC)c(=O)c12. The molecule has 2 aromatic heterocycles. The second-order valence-electron chi connectivity index (χ2n) is 5.81. The second-order valence-corrected chi connectivity index (χ2v) is 6.67. The average molecular weight is 415 g/mol. The summed E-state index contributed by atoms with van der Waals surface area (Å²) in [5.41, 5.74) is 0.0340. The van der Waals surface area contributed by atoms with Gasteiger partial charge in [-0.1, -0.05) is 12.1 Å². The van der Waals surface area contributed by atoms with Crippen molar-refractivity contribution >= 4 is 45.1 Å². The molecule has 3 rings (SSSR count). The summed E-state index contributed by atoms with van der Waals surface area (Å²) in [5.74, 6) is -1.76. The fourth-order valence-corrected chi connectivity index (χ4v) is 3.53. The van der Waals surface area contributed by atoms with Crippen LogP contribution in [0.4, 0.5) is 5.69 Å². The zero-order valence-electron chi connectivity index (χ0n) is 15.6. The van der Waals surface area contributed by atoms with Crippen molar-refractivity contribution in [3.8, 4) is 0 Å². The first-order chi connectivity index (χ1) is 14.0. The highest BCUT2D eigenvalue weighted by atomic mass is 32.1. The van der Waals surface area contributed by atoms with Gasteiger partial charge in [0.05, 0.1) is 42.2 Å². The van der Waals surface area contributed by atoms with E-state index in [2.05, 4.69) is 10.3 Å². The molecule has 0 radical (unpaired) electrons.